The van der Waals surface area contributed by atoms with E-state index < -0.39 is 29.9 Å². The van der Waals surface area contributed by atoms with Crippen LogP contribution in [0.3, 0.4) is 0 Å². The summed E-state index contributed by atoms with van der Waals surface area (Å²) in [6, 6.07) is 0. The van der Waals surface area contributed by atoms with Gasteiger partial charge in [-0.2, -0.15) is 22.0 Å². The Morgan fingerprint density at radius 3 is 1.68 bits per heavy atom. The Morgan fingerprint density at radius 2 is 1.42 bits per heavy atom. The van der Waals surface area contributed by atoms with Crippen molar-refractivity contribution in [1.29, 1.82) is 0 Å². The van der Waals surface area contributed by atoms with Gasteiger partial charge in [0.15, 0.2) is 0 Å². The van der Waals surface area contributed by atoms with Crippen LogP contribution in [0.15, 0.2) is 9.81 Å². The summed E-state index contributed by atoms with van der Waals surface area (Å²) in [7, 11) is 0. The molecule has 0 amide bonds. The third kappa shape index (κ3) is 5.33. The first-order valence-electron chi connectivity index (χ1n) is 5.51. The molecule has 0 bridgehead atoms. The summed E-state index contributed by atoms with van der Waals surface area (Å²) in [5.74, 6) is -4.97. The van der Waals surface area contributed by atoms with Crippen molar-refractivity contribution in [3.8, 4) is 0 Å². The van der Waals surface area contributed by atoms with Crippen molar-refractivity contribution in [2.24, 2.45) is 0 Å². The molecule has 19 heavy (non-hydrogen) atoms. The van der Waals surface area contributed by atoms with Gasteiger partial charge in [-0.1, -0.05) is 13.8 Å². The molecule has 0 rings (SSSR count). The van der Waals surface area contributed by atoms with Gasteiger partial charge in [-0.25, -0.2) is 0 Å². The first-order chi connectivity index (χ1) is 8.57. The number of alkyl halides is 5. The number of halogens is 5. The molecule has 0 aromatic carbocycles. The third-order valence-corrected chi connectivity index (χ3v) is 4.26. The maximum Gasteiger partial charge on any atom is 0.457 e. The average molecular weight is 322 g/mol. The van der Waals surface area contributed by atoms with Crippen LogP contribution in [-0.4, -0.2) is 29.4 Å². The van der Waals surface area contributed by atoms with E-state index in [9.17, 15) is 26.7 Å². The summed E-state index contributed by atoms with van der Waals surface area (Å²) in [6.45, 7) is 4.30. The van der Waals surface area contributed by atoms with Gasteiger partial charge in [0.1, 0.15) is 5.78 Å². The molecule has 0 atom stereocenters. The van der Waals surface area contributed by atoms with E-state index in [1.165, 1.54) is 0 Å². The molecule has 0 aromatic rings. The lowest BCUT2D eigenvalue weighted by molar-refractivity contribution is -0.264. The van der Waals surface area contributed by atoms with Gasteiger partial charge >= 0.3 is 12.1 Å². The molecule has 0 heterocycles. The van der Waals surface area contributed by atoms with Crippen LogP contribution in [0, 0.1) is 0 Å². The number of thioether (sulfide) groups is 2. The molecule has 0 aliphatic heterocycles. The Kier molecular flexibility index (Phi) is 7.42. The van der Waals surface area contributed by atoms with Crippen molar-refractivity contribution in [2.75, 3.05) is 11.5 Å². The highest BCUT2D eigenvalue weighted by molar-refractivity contribution is 8.22. The fourth-order valence-corrected chi connectivity index (χ4v) is 3.52. The fourth-order valence-electron chi connectivity index (χ4n) is 1.21. The predicted octanol–water partition coefficient (Wildman–Crippen LogP) is 4.88. The number of hydrogen-bond acceptors (Lipinski definition) is 3. The minimum absolute atomic E-state index is 0.109. The molecule has 0 N–H and O–H groups in total. The van der Waals surface area contributed by atoms with Crippen molar-refractivity contribution in [3.05, 3.63) is 9.81 Å². The van der Waals surface area contributed by atoms with E-state index >= 15 is 0 Å². The third-order valence-electron chi connectivity index (χ3n) is 1.96. The van der Waals surface area contributed by atoms with Gasteiger partial charge in [-0.05, 0) is 18.4 Å². The van der Waals surface area contributed by atoms with Gasteiger partial charge in [0.05, 0.1) is 0 Å². The summed E-state index contributed by atoms with van der Waals surface area (Å²) < 4.78 is 64.3. The zero-order valence-electron chi connectivity index (χ0n) is 10.7. The zero-order chi connectivity index (χ0) is 15.3. The molecular weight excluding hydrogens is 307 g/mol. The van der Waals surface area contributed by atoms with E-state index in [1.807, 2.05) is 0 Å². The number of Topliss-reactive ketones (excluding diaryl/α,β-unsaturated/α-hetero) is 1. The van der Waals surface area contributed by atoms with Gasteiger partial charge in [0, 0.05) is 16.2 Å². The molecular formula is C11H15F5OS2. The second-order valence-corrected chi connectivity index (χ2v) is 6.39. The summed E-state index contributed by atoms with van der Waals surface area (Å²) in [5, 5.41) is 0. The molecule has 8 heteroatoms. The number of rotatable bonds is 7. The van der Waals surface area contributed by atoms with E-state index in [0.717, 1.165) is 30.4 Å². The van der Waals surface area contributed by atoms with Crippen molar-refractivity contribution in [3.63, 3.8) is 0 Å². The van der Waals surface area contributed by atoms with Crippen LogP contribution in [0.5, 0.6) is 0 Å². The molecule has 0 saturated heterocycles. The fraction of sp³-hybridized carbons (Fsp3) is 0.727. The van der Waals surface area contributed by atoms with E-state index in [4.69, 9.17) is 0 Å². The maximum absolute atomic E-state index is 13.5. The van der Waals surface area contributed by atoms with Crippen LogP contribution in [0.1, 0.15) is 27.2 Å². The lowest BCUT2D eigenvalue weighted by atomic mass is 10.0. The molecule has 0 fully saturated rings. The van der Waals surface area contributed by atoms with Crippen LogP contribution < -0.4 is 0 Å². The van der Waals surface area contributed by atoms with Gasteiger partial charge < -0.3 is 0 Å². The summed E-state index contributed by atoms with van der Waals surface area (Å²) in [4.78, 5) is 11.0. The summed E-state index contributed by atoms with van der Waals surface area (Å²) >= 11 is 1.81. The Labute approximate surface area is 117 Å². The largest absolute Gasteiger partial charge is 0.457 e. The Bertz CT molecular complexity index is 341. The molecule has 0 aliphatic carbocycles. The molecule has 0 saturated carbocycles. The summed E-state index contributed by atoms with van der Waals surface area (Å²) in [6.07, 6.45) is -6.58. The zero-order valence-corrected chi connectivity index (χ0v) is 12.4. The minimum atomic E-state index is -5.69. The molecule has 0 spiro atoms. The number of carbonyl (C=O) groups excluding carboxylic acids is 1. The molecule has 0 radical (unpaired) electrons. The van der Waals surface area contributed by atoms with Gasteiger partial charge in [-0.3, -0.25) is 4.79 Å². The van der Waals surface area contributed by atoms with Crippen LogP contribution >= 0.6 is 23.5 Å². The lowest BCUT2D eigenvalue weighted by Crippen LogP contribution is -2.39. The van der Waals surface area contributed by atoms with Crippen LogP contribution in [0.25, 0.3) is 0 Å². The number of allylic oxidation sites excluding steroid dienone is 1. The first-order valence-corrected chi connectivity index (χ1v) is 7.48. The highest BCUT2D eigenvalue weighted by Crippen LogP contribution is 2.47. The van der Waals surface area contributed by atoms with Crippen molar-refractivity contribution in [2.45, 2.75) is 39.3 Å². The highest BCUT2D eigenvalue weighted by atomic mass is 32.2. The van der Waals surface area contributed by atoms with Crippen molar-refractivity contribution in [1.82, 2.24) is 0 Å². The standard InChI is InChI=1S/C11H15F5OS2/c1-4-18-9(19-5-2)8(6-7(3)17)10(12,13)11(14,15)16/h4-6H2,1-3H3. The van der Waals surface area contributed by atoms with E-state index in [2.05, 4.69) is 0 Å². The molecule has 0 aromatic heterocycles. The molecule has 112 valence electrons. The van der Waals surface area contributed by atoms with Gasteiger partial charge in [-0.15, -0.1) is 23.5 Å². The van der Waals surface area contributed by atoms with E-state index in [-0.39, 0.29) is 4.24 Å². The topological polar surface area (TPSA) is 17.1 Å². The first kappa shape index (κ1) is 18.8. The Balaban J connectivity index is 5.75. The monoisotopic (exact) mass is 322 g/mol. The van der Waals surface area contributed by atoms with Crippen LogP contribution in [-0.2, 0) is 4.79 Å². The summed E-state index contributed by atoms with van der Waals surface area (Å²) in [5.41, 5.74) is -1.13. The number of hydrogen-bond donors (Lipinski definition) is 0. The SMILES string of the molecule is CCSC(SCC)=C(CC(C)=O)C(F)(F)C(F)(F)F. The van der Waals surface area contributed by atoms with Crippen molar-refractivity contribution >= 4 is 29.3 Å². The van der Waals surface area contributed by atoms with Crippen LogP contribution in [0.2, 0.25) is 0 Å². The Morgan fingerprint density at radius 1 is 1.00 bits per heavy atom. The number of ketones is 1. The number of carbonyl (C=O) groups is 1. The van der Waals surface area contributed by atoms with E-state index in [0.29, 0.717) is 11.5 Å². The highest BCUT2D eigenvalue weighted by Gasteiger charge is 2.60. The second-order valence-electron chi connectivity index (χ2n) is 3.58. The van der Waals surface area contributed by atoms with Crippen LogP contribution in [0.4, 0.5) is 22.0 Å². The van der Waals surface area contributed by atoms with E-state index in [1.54, 1.807) is 13.8 Å². The quantitative estimate of drug-likeness (QED) is 0.622. The molecule has 1 nitrogen and oxygen atoms in total. The maximum atomic E-state index is 13.5. The minimum Gasteiger partial charge on any atom is -0.300 e. The Hall–Kier alpha value is -0.240. The predicted molar refractivity (Wildman–Crippen MR) is 69.6 cm³/mol. The van der Waals surface area contributed by atoms with Gasteiger partial charge in [0.25, 0.3) is 0 Å². The smallest absolute Gasteiger partial charge is 0.300 e. The van der Waals surface area contributed by atoms with Gasteiger partial charge in [0.2, 0.25) is 0 Å². The molecule has 0 unspecified atom stereocenters. The lowest BCUT2D eigenvalue weighted by Gasteiger charge is -2.24. The van der Waals surface area contributed by atoms with Crippen molar-refractivity contribution < 1.29 is 26.7 Å². The second kappa shape index (κ2) is 7.52. The average Bonchev–Trinajstić information content (AvgIpc) is 2.23. The normalized spacial score (nSPS) is 12.4. The molecule has 0 aliphatic rings.